The van der Waals surface area contributed by atoms with Crippen molar-refractivity contribution in [3.63, 3.8) is 0 Å². The molecule has 0 heterocycles. The minimum Gasteiger partial charge on any atom is -0.207 e. The second-order valence-corrected chi connectivity index (χ2v) is 4.57. The normalized spacial score (nSPS) is 9.43. The highest BCUT2D eigenvalue weighted by Crippen LogP contribution is 2.25. The third-order valence-corrected chi connectivity index (χ3v) is 2.88. The molecule has 0 N–H and O–H groups in total. The summed E-state index contributed by atoms with van der Waals surface area (Å²) in [6, 6.07) is 2.77. The average Bonchev–Trinajstić information content (AvgIpc) is 2.09. The molecule has 74 valence electrons. The van der Waals surface area contributed by atoms with Crippen molar-refractivity contribution < 1.29 is 4.39 Å². The lowest BCUT2D eigenvalue weighted by Crippen LogP contribution is -1.84. The lowest BCUT2D eigenvalue weighted by molar-refractivity contribution is 0.626. The SMILES string of the molecule is Fc1cc(Br)c(C#CCCCl)c(Br)c1. The van der Waals surface area contributed by atoms with Gasteiger partial charge in [-0.25, -0.2) is 4.39 Å². The Labute approximate surface area is 104 Å². The zero-order valence-electron chi connectivity index (χ0n) is 7.08. The summed E-state index contributed by atoms with van der Waals surface area (Å²) in [5.41, 5.74) is 0.747. The topological polar surface area (TPSA) is 0 Å². The van der Waals surface area contributed by atoms with Crippen molar-refractivity contribution in [1.29, 1.82) is 0 Å². The standard InChI is InChI=1S/C10H6Br2ClF/c11-9-5-7(14)6-10(12)8(9)3-1-2-4-13/h5-6H,2,4H2. The fourth-order valence-electron chi connectivity index (χ4n) is 0.860. The molecule has 0 bridgehead atoms. The molecule has 0 saturated heterocycles. The zero-order chi connectivity index (χ0) is 10.6. The van der Waals surface area contributed by atoms with Gasteiger partial charge >= 0.3 is 0 Å². The van der Waals surface area contributed by atoms with Gasteiger partial charge in [-0.15, -0.1) is 11.6 Å². The van der Waals surface area contributed by atoms with Crippen LogP contribution in [0.25, 0.3) is 0 Å². The van der Waals surface area contributed by atoms with E-state index in [1.165, 1.54) is 12.1 Å². The van der Waals surface area contributed by atoms with Crippen LogP contribution < -0.4 is 0 Å². The van der Waals surface area contributed by atoms with Gasteiger partial charge in [0.05, 0.1) is 5.56 Å². The van der Waals surface area contributed by atoms with Crippen molar-refractivity contribution in [2.75, 3.05) is 5.88 Å². The van der Waals surface area contributed by atoms with E-state index in [9.17, 15) is 4.39 Å². The number of hydrogen-bond donors (Lipinski definition) is 0. The highest BCUT2D eigenvalue weighted by Gasteiger charge is 2.04. The van der Waals surface area contributed by atoms with Crippen LogP contribution in [0.15, 0.2) is 21.1 Å². The van der Waals surface area contributed by atoms with E-state index in [1.54, 1.807) is 0 Å². The first-order valence-electron chi connectivity index (χ1n) is 3.84. The maximum Gasteiger partial charge on any atom is 0.125 e. The van der Waals surface area contributed by atoms with E-state index in [2.05, 4.69) is 43.7 Å². The van der Waals surface area contributed by atoms with Crippen molar-refractivity contribution in [3.8, 4) is 11.8 Å². The maximum atomic E-state index is 12.9. The molecule has 0 saturated carbocycles. The van der Waals surface area contributed by atoms with Crippen LogP contribution in [0.2, 0.25) is 0 Å². The Hall–Kier alpha value is -0.0400. The second kappa shape index (κ2) is 5.75. The Morgan fingerprint density at radius 2 is 1.86 bits per heavy atom. The third kappa shape index (κ3) is 3.27. The number of benzene rings is 1. The van der Waals surface area contributed by atoms with E-state index in [4.69, 9.17) is 11.6 Å². The molecule has 0 spiro atoms. The van der Waals surface area contributed by atoms with Crippen molar-refractivity contribution in [2.45, 2.75) is 6.42 Å². The summed E-state index contributed by atoms with van der Waals surface area (Å²) in [4.78, 5) is 0. The van der Waals surface area contributed by atoms with Crippen molar-refractivity contribution >= 4 is 43.5 Å². The van der Waals surface area contributed by atoms with Crippen LogP contribution in [0.4, 0.5) is 4.39 Å². The summed E-state index contributed by atoms with van der Waals surface area (Å²) in [5, 5.41) is 0. The van der Waals surface area contributed by atoms with Gasteiger partial charge < -0.3 is 0 Å². The molecule has 1 aromatic carbocycles. The summed E-state index contributed by atoms with van der Waals surface area (Å²) in [5.74, 6) is 6.01. The minimum atomic E-state index is -0.299. The van der Waals surface area contributed by atoms with Gasteiger partial charge in [-0.05, 0) is 44.0 Å². The van der Waals surface area contributed by atoms with Crippen LogP contribution in [-0.2, 0) is 0 Å². The van der Waals surface area contributed by atoms with Gasteiger partial charge in [0.2, 0.25) is 0 Å². The van der Waals surface area contributed by atoms with Gasteiger partial charge in [0.25, 0.3) is 0 Å². The smallest absolute Gasteiger partial charge is 0.125 e. The minimum absolute atomic E-state index is 0.299. The van der Waals surface area contributed by atoms with Gasteiger partial charge in [0, 0.05) is 21.2 Å². The van der Waals surface area contributed by atoms with Crippen LogP contribution in [0.1, 0.15) is 12.0 Å². The Kier molecular flexibility index (Phi) is 4.94. The van der Waals surface area contributed by atoms with E-state index in [0.717, 1.165) is 5.56 Å². The Morgan fingerprint density at radius 1 is 1.29 bits per heavy atom. The lowest BCUT2D eigenvalue weighted by Gasteiger charge is -1.99. The highest BCUT2D eigenvalue weighted by atomic mass is 79.9. The van der Waals surface area contributed by atoms with E-state index in [1.807, 2.05) is 0 Å². The first kappa shape index (κ1) is 12.0. The van der Waals surface area contributed by atoms with Crippen molar-refractivity contribution in [3.05, 3.63) is 32.5 Å². The number of rotatable bonds is 1. The lowest BCUT2D eigenvalue weighted by atomic mass is 10.2. The van der Waals surface area contributed by atoms with Crippen LogP contribution in [-0.4, -0.2) is 5.88 Å². The average molecular weight is 340 g/mol. The van der Waals surface area contributed by atoms with E-state index < -0.39 is 0 Å². The third-order valence-electron chi connectivity index (χ3n) is 1.44. The van der Waals surface area contributed by atoms with Crippen LogP contribution in [0.3, 0.4) is 0 Å². The van der Waals surface area contributed by atoms with E-state index in [0.29, 0.717) is 21.2 Å². The molecule has 0 atom stereocenters. The molecule has 1 rings (SSSR count). The molecule has 0 aliphatic heterocycles. The monoisotopic (exact) mass is 338 g/mol. The first-order valence-corrected chi connectivity index (χ1v) is 5.96. The quantitative estimate of drug-likeness (QED) is 0.527. The van der Waals surface area contributed by atoms with E-state index >= 15 is 0 Å². The molecule has 0 aromatic heterocycles. The zero-order valence-corrected chi connectivity index (χ0v) is 11.0. The van der Waals surface area contributed by atoms with E-state index in [-0.39, 0.29) is 5.82 Å². The summed E-state index contributed by atoms with van der Waals surface area (Å²) >= 11 is 12.0. The summed E-state index contributed by atoms with van der Waals surface area (Å²) in [6.07, 6.45) is 0.623. The summed E-state index contributed by atoms with van der Waals surface area (Å²) in [6.45, 7) is 0. The van der Waals surface area contributed by atoms with Gasteiger partial charge in [-0.1, -0.05) is 11.8 Å². The molecule has 0 radical (unpaired) electrons. The van der Waals surface area contributed by atoms with Crippen molar-refractivity contribution in [1.82, 2.24) is 0 Å². The summed E-state index contributed by atoms with van der Waals surface area (Å²) < 4.78 is 14.2. The second-order valence-electron chi connectivity index (χ2n) is 2.49. The summed E-state index contributed by atoms with van der Waals surface area (Å²) in [7, 11) is 0. The molecule has 0 amide bonds. The highest BCUT2D eigenvalue weighted by molar-refractivity contribution is 9.11. The molecule has 0 unspecified atom stereocenters. The molecule has 0 aliphatic carbocycles. The fraction of sp³-hybridized carbons (Fsp3) is 0.200. The largest absolute Gasteiger partial charge is 0.207 e. The van der Waals surface area contributed by atoms with Gasteiger partial charge in [-0.2, -0.15) is 0 Å². The molecule has 0 nitrogen and oxygen atoms in total. The Bertz CT molecular complexity index is 370. The Morgan fingerprint density at radius 3 is 2.36 bits per heavy atom. The maximum absolute atomic E-state index is 12.9. The van der Waals surface area contributed by atoms with Crippen LogP contribution in [0.5, 0.6) is 0 Å². The van der Waals surface area contributed by atoms with Gasteiger partial charge in [0.15, 0.2) is 0 Å². The molecule has 0 fully saturated rings. The molecule has 1 aromatic rings. The van der Waals surface area contributed by atoms with Gasteiger partial charge in [-0.3, -0.25) is 0 Å². The predicted octanol–water partition coefficient (Wildman–Crippen LogP) is 4.33. The number of halogens is 4. The molecular formula is C10H6Br2ClF. The molecule has 14 heavy (non-hydrogen) atoms. The molecular weight excluding hydrogens is 334 g/mol. The molecule has 0 aliphatic rings. The number of alkyl halides is 1. The van der Waals surface area contributed by atoms with Crippen molar-refractivity contribution in [2.24, 2.45) is 0 Å². The van der Waals surface area contributed by atoms with Crippen LogP contribution >= 0.6 is 43.5 Å². The Balaban J connectivity index is 3.04. The molecule has 4 heteroatoms. The number of hydrogen-bond acceptors (Lipinski definition) is 0. The fourth-order valence-corrected chi connectivity index (χ4v) is 2.28. The predicted molar refractivity (Wildman–Crippen MR) is 64.0 cm³/mol. The first-order chi connectivity index (χ1) is 6.65. The van der Waals surface area contributed by atoms with Crippen LogP contribution in [0, 0.1) is 17.7 Å². The van der Waals surface area contributed by atoms with Gasteiger partial charge in [0.1, 0.15) is 5.82 Å².